The van der Waals surface area contributed by atoms with Gasteiger partial charge in [0.25, 0.3) is 19.4 Å². The van der Waals surface area contributed by atoms with Gasteiger partial charge in [0.05, 0.1) is 0 Å². The maximum Gasteiger partial charge on any atom is 0.277 e. The Hall–Kier alpha value is -0.920. The van der Waals surface area contributed by atoms with Crippen LogP contribution in [-0.2, 0) is 9.59 Å². The highest BCUT2D eigenvalue weighted by Gasteiger charge is 2.44. The average Bonchev–Trinajstić information content (AvgIpc) is 2.43. The van der Waals surface area contributed by atoms with Gasteiger partial charge in [-0.1, -0.05) is 79.6 Å². The largest absolute Gasteiger partial charge is 0.292 e. The number of carbonyl (C=O) groups excluding carboxylic acids is 2. The number of hydrogen-bond donors (Lipinski definition) is 0. The van der Waals surface area contributed by atoms with E-state index in [1.807, 2.05) is 0 Å². The van der Waals surface area contributed by atoms with Crippen LogP contribution in [0.4, 0.5) is 0 Å². The molecule has 0 saturated carbocycles. The van der Waals surface area contributed by atoms with E-state index in [2.05, 4.69) is 0 Å². The van der Waals surface area contributed by atoms with Crippen molar-refractivity contribution in [2.75, 3.05) is 26.7 Å². The van der Waals surface area contributed by atoms with Crippen LogP contribution in [0.15, 0.2) is 0 Å². The van der Waals surface area contributed by atoms with Crippen LogP contribution in [0.1, 0.15) is 0 Å². The van der Waals surface area contributed by atoms with Crippen LogP contribution in [0, 0.1) is 20.2 Å². The summed E-state index contributed by atoms with van der Waals surface area (Å²) in [5, 5.41) is 21.1. The molecule has 12 nitrogen and oxygen atoms in total. The van der Waals surface area contributed by atoms with E-state index >= 15 is 0 Å². The lowest BCUT2D eigenvalue weighted by Gasteiger charge is -2.36. The Morgan fingerprint density at radius 1 is 0.692 bits per heavy atom. The highest BCUT2D eigenvalue weighted by molar-refractivity contribution is 6.76. The molecule has 0 aromatic rings. The molecule has 18 heteroatoms. The summed E-state index contributed by atoms with van der Waals surface area (Å²) in [6.07, 6.45) is 0. The van der Waals surface area contributed by atoms with Crippen molar-refractivity contribution >= 4 is 81.4 Å². The molecule has 1 saturated heterocycles. The molecule has 0 spiro atoms. The fraction of sp³-hybridized carbons (Fsp3) is 0.750. The van der Waals surface area contributed by atoms with Crippen LogP contribution in [0.3, 0.4) is 0 Å². The van der Waals surface area contributed by atoms with Gasteiger partial charge < -0.3 is 0 Å². The van der Waals surface area contributed by atoms with Crippen molar-refractivity contribution in [2.24, 2.45) is 0 Å². The van der Waals surface area contributed by atoms with Crippen LogP contribution in [0.25, 0.3) is 0 Å². The van der Waals surface area contributed by atoms with Gasteiger partial charge in [-0.3, -0.25) is 19.4 Å². The molecule has 1 aliphatic heterocycles. The highest BCUT2D eigenvalue weighted by Crippen LogP contribution is 2.31. The maximum absolute atomic E-state index is 12.1. The molecule has 26 heavy (non-hydrogen) atoms. The number of halogens is 6. The van der Waals surface area contributed by atoms with Crippen LogP contribution < -0.4 is 0 Å². The second-order valence-electron chi connectivity index (χ2n) is 4.74. The second-order valence-corrected chi connectivity index (χ2v) is 9.30. The second kappa shape index (κ2) is 8.40. The molecule has 1 aliphatic rings. The van der Waals surface area contributed by atoms with Crippen molar-refractivity contribution < 1.29 is 19.7 Å². The van der Waals surface area contributed by atoms with Crippen molar-refractivity contribution in [1.82, 2.24) is 19.8 Å². The molecule has 2 amide bonds. The fourth-order valence-electron chi connectivity index (χ4n) is 1.79. The minimum absolute atomic E-state index is 0.347. The number of amides is 2. The zero-order chi connectivity index (χ0) is 20.4. The Kier molecular flexibility index (Phi) is 7.47. The first-order chi connectivity index (χ1) is 11.6. The van der Waals surface area contributed by atoms with Crippen molar-refractivity contribution in [3.8, 4) is 0 Å². The summed E-state index contributed by atoms with van der Waals surface area (Å²) in [5.41, 5.74) is 0. The number of carbonyl (C=O) groups is 2. The summed E-state index contributed by atoms with van der Waals surface area (Å²) in [6.45, 7) is -3.41. The topological polar surface area (TPSA) is 133 Å². The van der Waals surface area contributed by atoms with Crippen LogP contribution in [0.2, 0.25) is 0 Å². The van der Waals surface area contributed by atoms with Gasteiger partial charge in [-0.2, -0.15) is 0 Å². The number of hydrazine groups is 2. The van der Waals surface area contributed by atoms with Crippen LogP contribution in [-0.4, -0.2) is 76.0 Å². The van der Waals surface area contributed by atoms with Crippen molar-refractivity contribution in [3.63, 3.8) is 0 Å². The third-order valence-electron chi connectivity index (χ3n) is 2.86. The lowest BCUT2D eigenvalue weighted by molar-refractivity contribution is -0.683. The van der Waals surface area contributed by atoms with Gasteiger partial charge in [0.2, 0.25) is 0 Å². The predicted octanol–water partition coefficient (Wildman–Crippen LogP) is 1.22. The monoisotopic (exact) mass is 494 g/mol. The SMILES string of the molecule is O=C(N1CN([N+](=O)[O-])CN(C(=O)C(Cl)(Cl)Cl)CN([N+](=O)[O-])C1)C(Cl)(Cl)Cl. The van der Waals surface area contributed by atoms with Gasteiger partial charge >= 0.3 is 0 Å². The maximum atomic E-state index is 12.1. The molecule has 1 heterocycles. The molecule has 0 aliphatic carbocycles. The Bertz CT molecular complexity index is 546. The van der Waals surface area contributed by atoms with E-state index in [1.165, 1.54) is 0 Å². The van der Waals surface area contributed by atoms with Crippen LogP contribution >= 0.6 is 69.6 Å². The third-order valence-corrected chi connectivity index (χ3v) is 3.83. The van der Waals surface area contributed by atoms with E-state index in [1.54, 1.807) is 0 Å². The highest BCUT2D eigenvalue weighted by atomic mass is 35.6. The molecule has 0 aromatic heterocycles. The molecule has 0 radical (unpaired) electrons. The molecule has 148 valence electrons. The quantitative estimate of drug-likeness (QED) is 0.316. The summed E-state index contributed by atoms with van der Waals surface area (Å²) >= 11 is 32.7. The predicted molar refractivity (Wildman–Crippen MR) is 91.4 cm³/mol. The van der Waals surface area contributed by atoms with Crippen LogP contribution in [0.5, 0.6) is 0 Å². The van der Waals surface area contributed by atoms with Crippen molar-refractivity contribution in [1.29, 1.82) is 0 Å². The first-order valence-electron chi connectivity index (χ1n) is 6.15. The van der Waals surface area contributed by atoms with E-state index in [9.17, 15) is 29.8 Å². The van der Waals surface area contributed by atoms with Crippen molar-refractivity contribution in [3.05, 3.63) is 20.2 Å². The first-order valence-corrected chi connectivity index (χ1v) is 8.42. The van der Waals surface area contributed by atoms with Gasteiger partial charge in [-0.05, 0) is 0 Å². The standard InChI is InChI=1S/C8H8Cl6N6O6/c9-7(10,11)5(21)15-1-17(19(23)24)3-16(6(22)8(12,13)14)4-18(2-15)20(25)26/h1-4H2. The number of hydrogen-bond acceptors (Lipinski definition) is 6. The number of nitrogens with zero attached hydrogens (tertiary/aromatic N) is 6. The van der Waals surface area contributed by atoms with E-state index in [0.717, 1.165) is 0 Å². The van der Waals surface area contributed by atoms with Gasteiger partial charge in [0, 0.05) is 0 Å². The lowest BCUT2D eigenvalue weighted by Crippen LogP contribution is -2.61. The molecule has 0 bridgehead atoms. The summed E-state index contributed by atoms with van der Waals surface area (Å²) < 4.78 is -5.03. The molecule has 1 rings (SSSR count). The first kappa shape index (κ1) is 23.1. The third kappa shape index (κ3) is 6.06. The number of rotatable bonds is 2. The molecular formula is C8H8Cl6N6O6. The Morgan fingerprint density at radius 3 is 1.08 bits per heavy atom. The van der Waals surface area contributed by atoms with Gasteiger partial charge in [-0.15, -0.1) is 0 Å². The molecule has 0 atom stereocenters. The molecule has 0 aromatic carbocycles. The Balaban J connectivity index is 3.24. The lowest BCUT2D eigenvalue weighted by atomic mass is 10.5. The smallest absolute Gasteiger partial charge is 0.277 e. The average molecular weight is 497 g/mol. The van der Waals surface area contributed by atoms with Crippen molar-refractivity contribution in [2.45, 2.75) is 7.59 Å². The summed E-state index contributed by atoms with van der Waals surface area (Å²) in [6, 6.07) is 0. The molecular weight excluding hydrogens is 489 g/mol. The van der Waals surface area contributed by atoms with E-state index < -0.39 is 56.1 Å². The van der Waals surface area contributed by atoms with Gasteiger partial charge in [0.1, 0.15) is 0 Å². The number of alkyl halides is 6. The molecule has 0 N–H and O–H groups in total. The van der Waals surface area contributed by atoms with E-state index in [-0.39, 0.29) is 0 Å². The van der Waals surface area contributed by atoms with E-state index in [4.69, 9.17) is 69.6 Å². The van der Waals surface area contributed by atoms with Gasteiger partial charge in [-0.25, -0.2) is 20.2 Å². The Labute approximate surface area is 175 Å². The van der Waals surface area contributed by atoms with Gasteiger partial charge in [0.15, 0.2) is 36.7 Å². The zero-order valence-corrected chi connectivity index (χ0v) is 16.8. The zero-order valence-electron chi connectivity index (χ0n) is 12.2. The van der Waals surface area contributed by atoms with E-state index in [0.29, 0.717) is 19.8 Å². The number of nitro groups is 2. The minimum Gasteiger partial charge on any atom is -0.292 e. The summed E-state index contributed by atoms with van der Waals surface area (Å²) in [7, 11) is 0. The normalized spacial score (nSPS) is 16.8. The summed E-state index contributed by atoms with van der Waals surface area (Å²) in [4.78, 5) is 47.6. The minimum atomic E-state index is -2.52. The Morgan fingerprint density at radius 2 is 0.923 bits per heavy atom. The summed E-state index contributed by atoms with van der Waals surface area (Å²) in [5.74, 6) is -2.50. The molecule has 0 unspecified atom stereocenters. The fourth-order valence-corrected chi connectivity index (χ4v) is 2.51. The molecule has 1 fully saturated rings.